The number of sulfone groups is 1. The predicted molar refractivity (Wildman–Crippen MR) is 176 cm³/mol. The van der Waals surface area contributed by atoms with Crippen LogP contribution >= 0.6 is 0 Å². The van der Waals surface area contributed by atoms with Gasteiger partial charge in [0.05, 0.1) is 10.1 Å². The van der Waals surface area contributed by atoms with E-state index in [1.165, 1.54) is 12.5 Å². The highest BCUT2D eigenvalue weighted by Crippen LogP contribution is 2.52. The number of benzene rings is 2. The molecule has 4 heterocycles. The SMILES string of the molecule is NC(=O)O[C@H]1CCC[C@@H]1[C@](CN1CCC1)(c1cccc(F)c1)C1CCN(CC2CN(c3ccc(S(=O)(=O)C4CNC4)cc3)C2)CC1. The molecule has 11 heteroatoms. The molecule has 4 saturated heterocycles. The third kappa shape index (κ3) is 6.16. The Kier molecular flexibility index (Phi) is 9.04. The van der Waals surface area contributed by atoms with Crippen LogP contribution in [0.3, 0.4) is 0 Å². The summed E-state index contributed by atoms with van der Waals surface area (Å²) in [5.74, 6) is 0.801. The molecule has 250 valence electrons. The quantitative estimate of drug-likeness (QED) is 0.379. The number of piperidine rings is 1. The Morgan fingerprint density at radius 2 is 1.70 bits per heavy atom. The molecule has 7 rings (SSSR count). The zero-order chi connectivity index (χ0) is 31.9. The van der Waals surface area contributed by atoms with E-state index in [-0.39, 0.29) is 28.5 Å². The molecule has 0 bridgehead atoms. The lowest BCUT2D eigenvalue weighted by Crippen LogP contribution is -2.58. The second-order valence-corrected chi connectivity index (χ2v) is 16.6. The normalized spacial score (nSPS) is 26.6. The first-order valence-corrected chi connectivity index (χ1v) is 18.7. The van der Waals surface area contributed by atoms with Crippen LogP contribution in [-0.2, 0) is 20.0 Å². The average Bonchev–Trinajstić information content (AvgIpc) is 3.41. The number of rotatable bonds is 11. The fourth-order valence-electron chi connectivity index (χ4n) is 9.00. The largest absolute Gasteiger partial charge is 0.446 e. The van der Waals surface area contributed by atoms with E-state index < -0.39 is 15.9 Å². The lowest BCUT2D eigenvalue weighted by molar-refractivity contribution is -0.0145. The molecular formula is C35H48FN5O4S. The Morgan fingerprint density at radius 3 is 2.30 bits per heavy atom. The number of amides is 1. The fourth-order valence-corrected chi connectivity index (χ4v) is 10.6. The van der Waals surface area contributed by atoms with Crippen molar-refractivity contribution >= 4 is 21.6 Å². The highest BCUT2D eigenvalue weighted by Gasteiger charge is 2.53. The Morgan fingerprint density at radius 1 is 0.957 bits per heavy atom. The number of hydrogen-bond donors (Lipinski definition) is 2. The lowest BCUT2D eigenvalue weighted by atomic mass is 9.58. The molecule has 0 spiro atoms. The van der Waals surface area contributed by atoms with Crippen molar-refractivity contribution in [3.63, 3.8) is 0 Å². The van der Waals surface area contributed by atoms with Crippen molar-refractivity contribution in [1.29, 1.82) is 0 Å². The molecule has 0 aromatic heterocycles. The van der Waals surface area contributed by atoms with E-state index in [9.17, 15) is 17.6 Å². The highest BCUT2D eigenvalue weighted by molar-refractivity contribution is 7.92. The highest BCUT2D eigenvalue weighted by atomic mass is 32.2. The number of nitrogens with zero attached hydrogens (tertiary/aromatic N) is 3. The van der Waals surface area contributed by atoms with Crippen molar-refractivity contribution < 1.29 is 22.3 Å². The molecule has 2 aromatic rings. The van der Waals surface area contributed by atoms with Crippen molar-refractivity contribution in [2.75, 3.05) is 70.3 Å². The molecule has 5 fully saturated rings. The number of carbonyl (C=O) groups excluding carboxylic acids is 1. The summed E-state index contributed by atoms with van der Waals surface area (Å²) in [7, 11) is -3.25. The number of likely N-dealkylation sites (tertiary alicyclic amines) is 2. The van der Waals surface area contributed by atoms with Gasteiger partial charge in [-0.2, -0.15) is 0 Å². The van der Waals surface area contributed by atoms with E-state index in [1.807, 2.05) is 18.2 Å². The van der Waals surface area contributed by atoms with Gasteiger partial charge in [-0.15, -0.1) is 0 Å². The first-order valence-electron chi connectivity index (χ1n) is 17.2. The van der Waals surface area contributed by atoms with Crippen LogP contribution in [0, 0.1) is 23.6 Å². The van der Waals surface area contributed by atoms with Crippen LogP contribution in [0.15, 0.2) is 53.4 Å². The number of nitrogens with two attached hydrogens (primary N) is 1. The van der Waals surface area contributed by atoms with Crippen LogP contribution in [0.25, 0.3) is 0 Å². The van der Waals surface area contributed by atoms with E-state index in [2.05, 4.69) is 26.1 Å². The van der Waals surface area contributed by atoms with E-state index in [1.54, 1.807) is 18.2 Å². The smallest absolute Gasteiger partial charge is 0.404 e. The van der Waals surface area contributed by atoms with Gasteiger partial charge in [-0.25, -0.2) is 17.6 Å². The number of ether oxygens (including phenoxy) is 1. The van der Waals surface area contributed by atoms with Crippen LogP contribution in [0.2, 0.25) is 0 Å². The van der Waals surface area contributed by atoms with Gasteiger partial charge >= 0.3 is 6.09 Å². The van der Waals surface area contributed by atoms with E-state index in [0.29, 0.717) is 29.8 Å². The van der Waals surface area contributed by atoms with Gasteiger partial charge in [-0.05, 0) is 113 Å². The first kappa shape index (κ1) is 31.8. The summed E-state index contributed by atoms with van der Waals surface area (Å²) < 4.78 is 46.1. The summed E-state index contributed by atoms with van der Waals surface area (Å²) in [6.45, 7) is 9.00. The summed E-state index contributed by atoms with van der Waals surface area (Å²) in [6, 6.07) is 14.6. The number of anilines is 1. The number of carbonyl (C=O) groups is 1. The van der Waals surface area contributed by atoms with Gasteiger partial charge in [0.1, 0.15) is 11.9 Å². The zero-order valence-electron chi connectivity index (χ0n) is 26.7. The van der Waals surface area contributed by atoms with Gasteiger partial charge < -0.3 is 30.5 Å². The van der Waals surface area contributed by atoms with Gasteiger partial charge in [0, 0.05) is 62.2 Å². The van der Waals surface area contributed by atoms with Crippen LogP contribution in [0.4, 0.5) is 14.9 Å². The van der Waals surface area contributed by atoms with E-state index in [0.717, 1.165) is 95.7 Å². The average molecular weight is 654 g/mol. The van der Waals surface area contributed by atoms with E-state index >= 15 is 0 Å². The van der Waals surface area contributed by atoms with Gasteiger partial charge in [-0.1, -0.05) is 12.1 Å². The number of primary amides is 1. The summed E-state index contributed by atoms with van der Waals surface area (Å²) in [5, 5.41) is 2.74. The van der Waals surface area contributed by atoms with Gasteiger partial charge in [0.2, 0.25) is 0 Å². The van der Waals surface area contributed by atoms with Gasteiger partial charge in [-0.3, -0.25) is 0 Å². The maximum atomic E-state index is 14.9. The van der Waals surface area contributed by atoms with Crippen LogP contribution in [0.1, 0.15) is 44.1 Å². The van der Waals surface area contributed by atoms with E-state index in [4.69, 9.17) is 10.5 Å². The molecular weight excluding hydrogens is 605 g/mol. The monoisotopic (exact) mass is 653 g/mol. The molecule has 4 aliphatic heterocycles. The Balaban J connectivity index is 1.01. The number of nitrogens with one attached hydrogen (secondary N) is 1. The minimum absolute atomic E-state index is 0.103. The zero-order valence-corrected chi connectivity index (χ0v) is 27.5. The maximum absolute atomic E-state index is 14.9. The first-order chi connectivity index (χ1) is 22.2. The Bertz CT molecular complexity index is 1490. The third-order valence-electron chi connectivity index (χ3n) is 11.7. The number of hydrogen-bond acceptors (Lipinski definition) is 8. The second kappa shape index (κ2) is 13.1. The van der Waals surface area contributed by atoms with Crippen molar-refractivity contribution in [2.24, 2.45) is 23.5 Å². The third-order valence-corrected chi connectivity index (χ3v) is 13.8. The molecule has 9 nitrogen and oxygen atoms in total. The summed E-state index contributed by atoms with van der Waals surface area (Å²) in [4.78, 5) is 19.8. The Hall–Kier alpha value is -2.73. The molecule has 3 N–H and O–H groups in total. The minimum atomic E-state index is -3.25. The summed E-state index contributed by atoms with van der Waals surface area (Å²) >= 11 is 0. The molecule has 0 unspecified atom stereocenters. The molecule has 1 saturated carbocycles. The van der Waals surface area contributed by atoms with Crippen LogP contribution in [0.5, 0.6) is 0 Å². The van der Waals surface area contributed by atoms with Gasteiger partial charge in [0.15, 0.2) is 9.84 Å². The predicted octanol–water partition coefficient (Wildman–Crippen LogP) is 3.63. The van der Waals surface area contributed by atoms with Crippen molar-refractivity contribution in [1.82, 2.24) is 15.1 Å². The maximum Gasteiger partial charge on any atom is 0.404 e. The Labute approximate surface area is 272 Å². The van der Waals surface area contributed by atoms with Crippen molar-refractivity contribution in [3.8, 4) is 0 Å². The number of halogens is 1. The standard InChI is InChI=1S/C35H48FN5O4S/c36-28-5-1-4-27(18-28)35(24-40-14-3-15-40,32-6-2-7-33(32)45-34(37)42)26-12-16-39(17-13-26)21-25-22-41(23-25)29-8-10-30(11-9-29)46(43,44)31-19-38-20-31/h1,4-5,8-11,18,25-26,31-33,38H,2-3,6-7,12-17,19-24H2,(H2,37,42)/t32-,33-,35-/m0/s1. The van der Waals surface area contributed by atoms with Crippen molar-refractivity contribution in [3.05, 3.63) is 59.9 Å². The van der Waals surface area contributed by atoms with Crippen LogP contribution in [-0.4, -0.2) is 101 Å². The molecule has 0 radical (unpaired) electrons. The molecule has 3 atom stereocenters. The van der Waals surface area contributed by atoms with Gasteiger partial charge in [0.25, 0.3) is 0 Å². The molecule has 2 aromatic carbocycles. The topological polar surface area (TPSA) is 108 Å². The minimum Gasteiger partial charge on any atom is -0.446 e. The molecule has 5 aliphatic rings. The van der Waals surface area contributed by atoms with Crippen LogP contribution < -0.4 is 16.0 Å². The fraction of sp³-hybridized carbons (Fsp3) is 0.629. The van der Waals surface area contributed by atoms with Crippen molar-refractivity contribution in [2.45, 2.75) is 60.2 Å². The molecule has 46 heavy (non-hydrogen) atoms. The lowest BCUT2D eigenvalue weighted by Gasteiger charge is -2.53. The summed E-state index contributed by atoms with van der Waals surface area (Å²) in [6.07, 6.45) is 5.00. The summed E-state index contributed by atoms with van der Waals surface area (Å²) in [5.41, 5.74) is 7.37. The molecule has 1 aliphatic carbocycles. The second-order valence-electron chi connectivity index (χ2n) is 14.4. The molecule has 1 amide bonds.